The molecule has 1 atom stereocenters. The molecule has 0 saturated carbocycles. The number of carbonyl (C=O) groups excluding carboxylic acids is 1. The third kappa shape index (κ3) is 12.2. The zero-order valence-electron chi connectivity index (χ0n) is 21.0. The van der Waals surface area contributed by atoms with Crippen LogP contribution < -0.4 is 5.32 Å². The Hall–Kier alpha value is -1.87. The van der Waals surface area contributed by atoms with E-state index in [2.05, 4.69) is 36.9 Å². The van der Waals surface area contributed by atoms with Gasteiger partial charge in [0.2, 0.25) is 0 Å². The van der Waals surface area contributed by atoms with Crippen molar-refractivity contribution < 1.29 is 24.2 Å². The molecule has 1 aromatic heterocycles. The highest BCUT2D eigenvalue weighted by Crippen LogP contribution is 2.17. The molecule has 0 aromatic carbocycles. The Labute approximate surface area is 194 Å². The van der Waals surface area contributed by atoms with Crippen molar-refractivity contribution in [3.63, 3.8) is 0 Å². The van der Waals surface area contributed by atoms with Gasteiger partial charge in [0.05, 0.1) is 11.6 Å². The van der Waals surface area contributed by atoms with E-state index < -0.39 is 31.7 Å². The third-order valence-corrected chi connectivity index (χ3v) is 6.52. The first kappa shape index (κ1) is 28.2. The monoisotopic (exact) mass is 469 g/mol. The van der Waals surface area contributed by atoms with Crippen LogP contribution in [0.5, 0.6) is 0 Å². The first-order chi connectivity index (χ1) is 14.8. The number of carbonyl (C=O) groups is 2. The molecule has 0 aliphatic rings. The molecule has 1 amide bonds. The summed E-state index contributed by atoms with van der Waals surface area (Å²) in [7, 11) is -1.16. The minimum atomic E-state index is -1.16. The van der Waals surface area contributed by atoms with Gasteiger partial charge in [-0.15, -0.1) is 0 Å². The van der Waals surface area contributed by atoms with Crippen LogP contribution in [0.4, 0.5) is 4.79 Å². The van der Waals surface area contributed by atoms with Gasteiger partial charge in [0.15, 0.2) is 0 Å². The van der Waals surface area contributed by atoms with E-state index in [9.17, 15) is 14.7 Å². The Morgan fingerprint density at radius 2 is 1.97 bits per heavy atom. The van der Waals surface area contributed by atoms with E-state index in [0.717, 1.165) is 30.4 Å². The molecule has 0 aliphatic heterocycles. The number of imidazole rings is 1. The number of aliphatic carboxylic acids is 1. The van der Waals surface area contributed by atoms with Crippen LogP contribution in [0.2, 0.25) is 25.7 Å². The van der Waals surface area contributed by atoms with Gasteiger partial charge in [-0.3, -0.25) is 4.79 Å². The van der Waals surface area contributed by atoms with E-state index in [4.69, 9.17) is 9.47 Å². The first-order valence-corrected chi connectivity index (χ1v) is 15.3. The average Bonchev–Trinajstić information content (AvgIpc) is 3.00. The minimum absolute atomic E-state index is 0.336. The second-order valence-corrected chi connectivity index (χ2v) is 16.1. The summed E-state index contributed by atoms with van der Waals surface area (Å²) in [5.74, 6) is -0.685. The maximum Gasteiger partial charge on any atom is 0.407 e. The summed E-state index contributed by atoms with van der Waals surface area (Å²) < 4.78 is 13.0. The molecule has 8 nitrogen and oxygen atoms in total. The molecule has 1 heterocycles. The van der Waals surface area contributed by atoms with E-state index in [1.807, 2.05) is 10.8 Å². The van der Waals surface area contributed by atoms with Gasteiger partial charge in [-0.1, -0.05) is 33.0 Å². The Kier molecular flexibility index (Phi) is 11.4. The molecule has 1 unspecified atom stereocenters. The third-order valence-electron chi connectivity index (χ3n) is 4.82. The number of nitrogens with zero attached hydrogens (tertiary/aromatic N) is 2. The lowest BCUT2D eigenvalue weighted by molar-refractivity contribution is -0.142. The van der Waals surface area contributed by atoms with E-state index in [0.29, 0.717) is 39.1 Å². The zero-order chi connectivity index (χ0) is 24.4. The number of aromatic nitrogens is 2. The number of hydrogen-bond donors (Lipinski definition) is 2. The lowest BCUT2D eigenvalue weighted by Crippen LogP contribution is -2.33. The fourth-order valence-corrected chi connectivity index (χ4v) is 3.85. The molecule has 2 N–H and O–H groups in total. The quantitative estimate of drug-likeness (QED) is 0.302. The second-order valence-electron chi connectivity index (χ2n) is 10.5. The van der Waals surface area contributed by atoms with Crippen LogP contribution in [0.3, 0.4) is 0 Å². The molecule has 1 aromatic rings. The first-order valence-electron chi connectivity index (χ1n) is 11.6. The number of carboxylic acids is 1. The normalized spacial score (nSPS) is 13.1. The van der Waals surface area contributed by atoms with Crippen LogP contribution in [0, 0.1) is 5.92 Å². The van der Waals surface area contributed by atoms with Crippen molar-refractivity contribution in [3.05, 3.63) is 17.7 Å². The smallest absolute Gasteiger partial charge is 0.407 e. The van der Waals surface area contributed by atoms with Crippen molar-refractivity contribution in [1.82, 2.24) is 14.9 Å². The van der Waals surface area contributed by atoms with Crippen LogP contribution in [-0.2, 0) is 33.8 Å². The Morgan fingerprint density at radius 1 is 1.28 bits per heavy atom. The van der Waals surface area contributed by atoms with E-state index in [-0.39, 0.29) is 0 Å². The topological polar surface area (TPSA) is 103 Å². The molecule has 32 heavy (non-hydrogen) atoms. The molecule has 0 spiro atoms. The molecule has 0 fully saturated rings. The lowest BCUT2D eigenvalue weighted by atomic mass is 9.99. The van der Waals surface area contributed by atoms with Crippen molar-refractivity contribution in [2.45, 2.75) is 97.8 Å². The molecule has 0 saturated heterocycles. The number of nitrogens with one attached hydrogen (secondary N) is 1. The van der Waals surface area contributed by atoms with Crippen molar-refractivity contribution in [3.8, 4) is 0 Å². The predicted octanol–water partition coefficient (Wildman–Crippen LogP) is 4.70. The summed E-state index contributed by atoms with van der Waals surface area (Å²) in [5.41, 5.74) is 0.407. The summed E-state index contributed by atoms with van der Waals surface area (Å²) in [4.78, 5) is 28.3. The van der Waals surface area contributed by atoms with Gasteiger partial charge in [0.1, 0.15) is 18.2 Å². The summed E-state index contributed by atoms with van der Waals surface area (Å²) >= 11 is 0. The van der Waals surface area contributed by atoms with Crippen molar-refractivity contribution in [2.75, 3.05) is 13.2 Å². The standard InChI is InChI=1S/C23H43N3O5Si/c1-8-10-19-16-26(17-30-13-14-32(5,6)7)20(25-19)15-18(21(27)28)11-9-12-24-22(29)31-23(2,3)4/h16,18H,8-15,17H2,1-7H3,(H,24,29)(H,27,28). The molecule has 184 valence electrons. The number of hydrogen-bond acceptors (Lipinski definition) is 5. The average molecular weight is 470 g/mol. The van der Waals surface area contributed by atoms with Gasteiger partial charge in [-0.25, -0.2) is 9.78 Å². The predicted molar refractivity (Wildman–Crippen MR) is 129 cm³/mol. The summed E-state index contributed by atoms with van der Waals surface area (Å²) in [5, 5.41) is 12.4. The van der Waals surface area contributed by atoms with Gasteiger partial charge >= 0.3 is 12.1 Å². The molecule has 9 heteroatoms. The Bertz CT molecular complexity index is 722. The van der Waals surface area contributed by atoms with Crippen LogP contribution >= 0.6 is 0 Å². The molecule has 0 radical (unpaired) electrons. The van der Waals surface area contributed by atoms with Gasteiger partial charge < -0.3 is 24.5 Å². The Balaban J connectivity index is 2.66. The molecule has 0 bridgehead atoms. The van der Waals surface area contributed by atoms with Crippen LogP contribution in [0.1, 0.15) is 58.5 Å². The maximum absolute atomic E-state index is 11.9. The minimum Gasteiger partial charge on any atom is -0.481 e. The van der Waals surface area contributed by atoms with Crippen molar-refractivity contribution in [1.29, 1.82) is 0 Å². The Morgan fingerprint density at radius 3 is 2.53 bits per heavy atom. The summed E-state index contributed by atoms with van der Waals surface area (Å²) in [6, 6.07) is 1.08. The highest BCUT2D eigenvalue weighted by Gasteiger charge is 2.22. The van der Waals surface area contributed by atoms with Gasteiger partial charge in [0, 0.05) is 33.8 Å². The summed E-state index contributed by atoms with van der Waals surface area (Å²) in [6.07, 6.45) is 4.65. The fraction of sp³-hybridized carbons (Fsp3) is 0.783. The zero-order valence-corrected chi connectivity index (χ0v) is 22.0. The van der Waals surface area contributed by atoms with Crippen molar-refractivity contribution >= 4 is 20.1 Å². The number of alkyl carbamates (subject to hydrolysis) is 1. The van der Waals surface area contributed by atoms with E-state index in [1.165, 1.54) is 0 Å². The molecular weight excluding hydrogens is 426 g/mol. The van der Waals surface area contributed by atoms with Crippen molar-refractivity contribution in [2.24, 2.45) is 5.92 Å². The van der Waals surface area contributed by atoms with E-state index in [1.54, 1.807) is 20.8 Å². The molecule has 0 aliphatic carbocycles. The maximum atomic E-state index is 11.9. The highest BCUT2D eigenvalue weighted by atomic mass is 28.3. The highest BCUT2D eigenvalue weighted by molar-refractivity contribution is 6.76. The van der Waals surface area contributed by atoms with Crippen LogP contribution in [0.25, 0.3) is 0 Å². The van der Waals surface area contributed by atoms with Crippen LogP contribution in [-0.4, -0.2) is 53.5 Å². The molecule has 1 rings (SSSR count). The number of amides is 1. The summed E-state index contributed by atoms with van der Waals surface area (Å²) in [6.45, 7) is 15.9. The lowest BCUT2D eigenvalue weighted by Gasteiger charge is -2.20. The molecular formula is C23H43N3O5Si. The van der Waals surface area contributed by atoms with Crippen LogP contribution in [0.15, 0.2) is 6.20 Å². The van der Waals surface area contributed by atoms with Gasteiger partial charge in [-0.05, 0) is 46.1 Å². The fourth-order valence-electron chi connectivity index (χ4n) is 3.09. The largest absolute Gasteiger partial charge is 0.481 e. The SMILES string of the molecule is CCCc1cn(COCC[Si](C)(C)C)c(CC(CCCNC(=O)OC(C)(C)C)C(=O)O)n1. The number of aryl methyl sites for hydroxylation is 1. The van der Waals surface area contributed by atoms with Gasteiger partial charge in [-0.2, -0.15) is 0 Å². The second kappa shape index (κ2) is 13.0. The van der Waals surface area contributed by atoms with Gasteiger partial charge in [0.25, 0.3) is 0 Å². The number of ether oxygens (including phenoxy) is 2. The number of carboxylic acid groups (broad SMARTS) is 1. The number of rotatable bonds is 14. The van der Waals surface area contributed by atoms with E-state index >= 15 is 0 Å².